The maximum absolute atomic E-state index is 12.6. The lowest BCUT2D eigenvalue weighted by atomic mass is 9.97. The molecule has 0 bridgehead atoms. The van der Waals surface area contributed by atoms with E-state index in [-0.39, 0.29) is 6.61 Å². The Hall–Kier alpha value is -5.93. The number of methoxy groups -OCH3 is 3. The lowest BCUT2D eigenvalue weighted by Gasteiger charge is -2.14. The predicted molar refractivity (Wildman–Crippen MR) is 206 cm³/mol. The van der Waals surface area contributed by atoms with Gasteiger partial charge in [0.25, 0.3) is 0 Å². The van der Waals surface area contributed by atoms with Gasteiger partial charge in [0.1, 0.15) is 48.6 Å². The Labute approximate surface area is 310 Å². The third-order valence-electron chi connectivity index (χ3n) is 8.78. The van der Waals surface area contributed by atoms with E-state index in [2.05, 4.69) is 35.6 Å². The average molecular weight is 716 g/mol. The average Bonchev–Trinajstić information content (AvgIpc) is 3.20. The second-order valence-electron chi connectivity index (χ2n) is 12.5. The normalized spacial score (nSPS) is 10.9. The van der Waals surface area contributed by atoms with Crippen molar-refractivity contribution >= 4 is 27.6 Å². The fraction of sp³-hybridized carbons (Fsp3) is 0.250. The first-order chi connectivity index (χ1) is 26.0. The summed E-state index contributed by atoms with van der Waals surface area (Å²) in [6.07, 6.45) is 1.07. The van der Waals surface area contributed by atoms with Gasteiger partial charge in [0, 0.05) is 30.8 Å². The molecule has 9 nitrogen and oxygen atoms in total. The third-order valence-corrected chi connectivity index (χ3v) is 8.78. The van der Waals surface area contributed by atoms with E-state index in [4.69, 9.17) is 33.2 Å². The number of fused-ring (bicyclic) bond motifs is 2. The van der Waals surface area contributed by atoms with Crippen LogP contribution in [0.3, 0.4) is 0 Å². The van der Waals surface area contributed by atoms with Gasteiger partial charge in [-0.2, -0.15) is 0 Å². The Morgan fingerprint density at radius 1 is 0.528 bits per heavy atom. The van der Waals surface area contributed by atoms with Gasteiger partial charge < -0.3 is 38.5 Å². The smallest absolute Gasteiger partial charge is 0.407 e. The maximum Gasteiger partial charge on any atom is 0.407 e. The number of amides is 1. The van der Waals surface area contributed by atoms with Crippen molar-refractivity contribution in [1.29, 1.82) is 0 Å². The van der Waals surface area contributed by atoms with E-state index >= 15 is 0 Å². The van der Waals surface area contributed by atoms with Crippen molar-refractivity contribution in [3.8, 4) is 28.7 Å². The number of hydrogen-bond acceptors (Lipinski definition) is 8. The van der Waals surface area contributed by atoms with Gasteiger partial charge in [-0.1, -0.05) is 60.7 Å². The Kier molecular flexibility index (Phi) is 12.9. The summed E-state index contributed by atoms with van der Waals surface area (Å²) in [5, 5.41) is 7.29. The molecule has 0 fully saturated rings. The second kappa shape index (κ2) is 18.5. The summed E-state index contributed by atoms with van der Waals surface area (Å²) in [6.45, 7) is 2.24. The van der Waals surface area contributed by atoms with Crippen LogP contribution in [0.2, 0.25) is 0 Å². The fourth-order valence-corrected chi connectivity index (χ4v) is 6.09. The molecule has 0 heterocycles. The maximum atomic E-state index is 12.6. The third kappa shape index (κ3) is 10.3. The van der Waals surface area contributed by atoms with Crippen molar-refractivity contribution in [3.05, 3.63) is 138 Å². The molecule has 0 saturated heterocycles. The number of nitrogens with one attached hydrogen (secondary N) is 1. The van der Waals surface area contributed by atoms with Crippen molar-refractivity contribution in [3.63, 3.8) is 0 Å². The molecule has 0 aromatic heterocycles. The molecule has 0 radical (unpaired) electrons. The van der Waals surface area contributed by atoms with Crippen LogP contribution in [0.5, 0.6) is 28.7 Å². The minimum atomic E-state index is -0.436. The number of alkyl carbamates (subject to hydrolysis) is 1. The van der Waals surface area contributed by atoms with Crippen LogP contribution in [0, 0.1) is 0 Å². The van der Waals surface area contributed by atoms with Crippen molar-refractivity contribution in [2.45, 2.75) is 39.3 Å². The number of carbonyl (C=O) groups excluding carboxylic acids is 1. The summed E-state index contributed by atoms with van der Waals surface area (Å²) in [5.74, 6) is 3.45. The molecular weight excluding hydrogens is 670 g/mol. The van der Waals surface area contributed by atoms with Crippen LogP contribution < -0.4 is 29.0 Å². The van der Waals surface area contributed by atoms with Crippen LogP contribution in [-0.2, 0) is 35.9 Å². The highest BCUT2D eigenvalue weighted by Crippen LogP contribution is 2.30. The SMILES string of the molecule is COc1cccc(COc2cc(COCCCCNC(=O)OCc3c4ccccc4cc4ccccc34)cc(OCc3cc(OC)cc(OC)c3)c2)c1. The molecule has 53 heavy (non-hydrogen) atoms. The highest BCUT2D eigenvalue weighted by Gasteiger charge is 2.11. The molecule has 0 aliphatic rings. The number of hydrogen-bond donors (Lipinski definition) is 1. The molecule has 6 aromatic carbocycles. The zero-order valence-corrected chi connectivity index (χ0v) is 30.4. The largest absolute Gasteiger partial charge is 0.497 e. The number of benzene rings is 6. The highest BCUT2D eigenvalue weighted by atomic mass is 16.5. The first-order valence-electron chi connectivity index (χ1n) is 17.6. The van der Waals surface area contributed by atoms with Crippen molar-refractivity contribution < 1.29 is 38.0 Å². The van der Waals surface area contributed by atoms with Gasteiger partial charge in [-0.15, -0.1) is 0 Å². The summed E-state index contributed by atoms with van der Waals surface area (Å²) in [4.78, 5) is 12.6. The zero-order chi connectivity index (χ0) is 36.8. The Morgan fingerprint density at radius 2 is 1.09 bits per heavy atom. The first kappa shape index (κ1) is 36.8. The molecule has 1 N–H and O–H groups in total. The van der Waals surface area contributed by atoms with E-state index in [9.17, 15) is 4.79 Å². The minimum absolute atomic E-state index is 0.193. The minimum Gasteiger partial charge on any atom is -0.497 e. The summed E-state index contributed by atoms with van der Waals surface area (Å²) < 4.78 is 40.3. The van der Waals surface area contributed by atoms with Gasteiger partial charge in [-0.3, -0.25) is 0 Å². The van der Waals surface area contributed by atoms with Gasteiger partial charge in [0.15, 0.2) is 0 Å². The van der Waals surface area contributed by atoms with E-state index < -0.39 is 6.09 Å². The summed E-state index contributed by atoms with van der Waals surface area (Å²) in [6, 6.07) is 37.7. The van der Waals surface area contributed by atoms with Crippen LogP contribution >= 0.6 is 0 Å². The zero-order valence-electron chi connectivity index (χ0n) is 30.4. The Balaban J connectivity index is 0.992. The quantitative estimate of drug-likeness (QED) is 0.0695. The monoisotopic (exact) mass is 715 g/mol. The number of rotatable bonds is 18. The van der Waals surface area contributed by atoms with Gasteiger partial charge in [-0.05, 0) is 93.5 Å². The Bertz CT molecular complexity index is 2060. The topological polar surface area (TPSA) is 93.7 Å². The van der Waals surface area contributed by atoms with Gasteiger partial charge in [0.2, 0.25) is 0 Å². The van der Waals surface area contributed by atoms with Crippen LogP contribution in [0.1, 0.15) is 35.1 Å². The number of carbonyl (C=O) groups is 1. The molecular formula is C44H45NO8. The van der Waals surface area contributed by atoms with E-state index in [1.165, 1.54) is 0 Å². The van der Waals surface area contributed by atoms with E-state index in [0.717, 1.165) is 62.4 Å². The van der Waals surface area contributed by atoms with Crippen molar-refractivity contribution in [2.75, 3.05) is 34.5 Å². The Morgan fingerprint density at radius 3 is 1.75 bits per heavy atom. The number of unbranched alkanes of at least 4 members (excludes halogenated alkanes) is 1. The lowest BCUT2D eigenvalue weighted by Crippen LogP contribution is -2.25. The van der Waals surface area contributed by atoms with Crippen LogP contribution in [0.4, 0.5) is 4.79 Å². The highest BCUT2D eigenvalue weighted by molar-refractivity contribution is 6.02. The molecule has 0 spiro atoms. The summed E-state index contributed by atoms with van der Waals surface area (Å²) in [5.41, 5.74) is 3.80. The lowest BCUT2D eigenvalue weighted by molar-refractivity contribution is 0.115. The molecule has 0 aliphatic heterocycles. The van der Waals surface area contributed by atoms with E-state index in [0.29, 0.717) is 56.0 Å². The van der Waals surface area contributed by atoms with Gasteiger partial charge >= 0.3 is 6.09 Å². The molecule has 6 aromatic rings. The molecule has 9 heteroatoms. The standard InChI is InChI=1S/C44H45NO8/c1-47-36-14-10-11-31(19-36)28-51-39-22-32(23-40(26-39)52-29-33-20-37(48-2)25-38(21-33)49-3)27-50-18-9-8-17-45-44(46)53-30-43-41-15-6-4-12-34(41)24-35-13-5-7-16-42(35)43/h4-7,10-16,19-26H,8-9,17-18,27-30H2,1-3H3,(H,45,46). The second-order valence-corrected chi connectivity index (χ2v) is 12.5. The molecule has 0 aliphatic carbocycles. The summed E-state index contributed by atoms with van der Waals surface area (Å²) in [7, 11) is 4.88. The van der Waals surface area contributed by atoms with Crippen LogP contribution in [-0.4, -0.2) is 40.6 Å². The molecule has 0 unspecified atom stereocenters. The summed E-state index contributed by atoms with van der Waals surface area (Å²) >= 11 is 0. The van der Waals surface area contributed by atoms with Crippen molar-refractivity contribution in [2.24, 2.45) is 0 Å². The molecule has 274 valence electrons. The molecule has 0 saturated carbocycles. The fourth-order valence-electron chi connectivity index (χ4n) is 6.09. The van der Waals surface area contributed by atoms with Crippen LogP contribution in [0.25, 0.3) is 21.5 Å². The van der Waals surface area contributed by atoms with E-state index in [1.54, 1.807) is 21.3 Å². The predicted octanol–water partition coefficient (Wildman–Crippen LogP) is 9.40. The molecule has 6 rings (SSSR count). The van der Waals surface area contributed by atoms with Crippen LogP contribution in [0.15, 0.2) is 115 Å². The van der Waals surface area contributed by atoms with Gasteiger partial charge in [0.05, 0.1) is 27.9 Å². The molecule has 1 amide bonds. The van der Waals surface area contributed by atoms with Crippen molar-refractivity contribution in [1.82, 2.24) is 5.32 Å². The first-order valence-corrected chi connectivity index (χ1v) is 17.6. The van der Waals surface area contributed by atoms with E-state index in [1.807, 2.05) is 84.9 Å². The molecule has 0 atom stereocenters. The number of ether oxygens (including phenoxy) is 7. The van der Waals surface area contributed by atoms with Gasteiger partial charge in [-0.25, -0.2) is 4.79 Å².